The third kappa shape index (κ3) is 17.0. The Labute approximate surface area is 369 Å². The van der Waals surface area contributed by atoms with Gasteiger partial charge in [-0.15, -0.1) is 0 Å². The van der Waals surface area contributed by atoms with Gasteiger partial charge in [0.15, 0.2) is 0 Å². The fourth-order valence-corrected chi connectivity index (χ4v) is 9.40. The number of likely N-dealkylation sites (N-methyl/N-ethyl adjacent to an activating group) is 1. The molecule has 2 heterocycles. The summed E-state index contributed by atoms with van der Waals surface area (Å²) in [6, 6.07) is 22.2. The monoisotopic (exact) mass is 997 g/mol. The van der Waals surface area contributed by atoms with E-state index in [1.165, 1.54) is 70.8 Å². The molecule has 2 fully saturated rings. The average Bonchev–Trinajstić information content (AvgIpc) is 3.54. The fourth-order valence-electron chi connectivity index (χ4n) is 7.59. The van der Waals surface area contributed by atoms with Gasteiger partial charge >= 0.3 is 131 Å². The molecule has 5 nitrogen and oxygen atoms in total. The first-order valence-electron chi connectivity index (χ1n) is 20.9. The van der Waals surface area contributed by atoms with Crippen molar-refractivity contribution < 1.29 is 47.9 Å². The van der Waals surface area contributed by atoms with E-state index in [9.17, 15) is 25.2 Å². The molecule has 1 unspecified atom stereocenters. The molecule has 15 heteroatoms. The van der Waals surface area contributed by atoms with Crippen molar-refractivity contribution in [3.8, 4) is 5.75 Å². The van der Waals surface area contributed by atoms with Crippen LogP contribution >= 0.6 is 27.2 Å². The molecule has 0 radical (unpaired) electrons. The van der Waals surface area contributed by atoms with Gasteiger partial charge in [-0.1, -0.05) is 91.8 Å². The van der Waals surface area contributed by atoms with Gasteiger partial charge in [-0.05, 0) is 52.8 Å². The maximum absolute atomic E-state index is 10.7. The van der Waals surface area contributed by atoms with Gasteiger partial charge in [0, 0.05) is 43.6 Å². The molecule has 3 aromatic carbocycles. The molecule has 344 valence electrons. The Morgan fingerprint density at radius 2 is 1.17 bits per heavy atom. The standard InChI is InChI=1S/C35H56N4.C10H12O.2ClH.F6P.Ru/c1-11-39(10)20-18-36(19-21-39)22-29-23-37(34-30(25(2)3)14-12-15-31(34)26(4)5)24-38(29)35-32(27(6)7)16-13-17-33(35)28(8)9;1-8(2)11-10-7-5-4-6-9(10)3;;;1-7(2,3,4,5)6;/h12-17,24-29H,11,18-23H2,1-10H3;3-8H,1-2H3;2*1H;;/q;;;;-1;+2/p-2. The first-order valence-corrected chi connectivity index (χ1v) is 28.4. The summed E-state index contributed by atoms with van der Waals surface area (Å²) in [5.41, 5.74) is 9.76. The number of halogens is 8. The molecule has 0 N–H and O–H groups in total. The number of rotatable bonds is 12. The van der Waals surface area contributed by atoms with Crippen LogP contribution in [0.4, 0.5) is 36.6 Å². The third-order valence-electron chi connectivity index (χ3n) is 10.9. The van der Waals surface area contributed by atoms with Crippen LogP contribution in [-0.2, 0) is 13.5 Å². The predicted molar refractivity (Wildman–Crippen MR) is 243 cm³/mol. The second-order valence-electron chi connectivity index (χ2n) is 17.7. The van der Waals surface area contributed by atoms with Gasteiger partial charge in [-0.2, -0.15) is 6.67 Å². The van der Waals surface area contributed by atoms with Gasteiger partial charge in [0.2, 0.25) is 0 Å². The van der Waals surface area contributed by atoms with Gasteiger partial charge in [0.1, 0.15) is 0 Å². The summed E-state index contributed by atoms with van der Waals surface area (Å²) >= 11 is -1.77. The Hall–Kier alpha value is -1.94. The minimum atomic E-state index is -10.7. The average molecular weight is 998 g/mol. The molecule has 2 aliphatic rings. The number of quaternary nitrogens is 1. The Morgan fingerprint density at radius 3 is 1.57 bits per heavy atom. The van der Waals surface area contributed by atoms with Crippen molar-refractivity contribution in [2.24, 2.45) is 0 Å². The molecule has 0 amide bonds. The van der Waals surface area contributed by atoms with E-state index in [1.54, 1.807) is 0 Å². The summed E-state index contributed by atoms with van der Waals surface area (Å²) in [6.45, 7) is 35.9. The number of benzene rings is 3. The summed E-state index contributed by atoms with van der Waals surface area (Å²) in [7, 11) is 3.41. The summed E-state index contributed by atoms with van der Waals surface area (Å²) in [5.74, 6) is 2.78. The van der Waals surface area contributed by atoms with Crippen LogP contribution < -0.4 is 14.5 Å². The van der Waals surface area contributed by atoms with Crippen LogP contribution in [0.3, 0.4) is 0 Å². The number of hydrogen-bond donors (Lipinski definition) is 0. The first-order chi connectivity index (χ1) is 27.5. The molecular weight excluding hydrogens is 929 g/mol. The minimum absolute atomic E-state index is 0.163. The number of nitrogens with zero attached hydrogens (tertiary/aromatic N) is 4. The summed E-state index contributed by atoms with van der Waals surface area (Å²) in [6.07, 6.45) is 0.163. The van der Waals surface area contributed by atoms with Crippen LogP contribution in [0.15, 0.2) is 60.7 Å². The Morgan fingerprint density at radius 1 is 0.733 bits per heavy atom. The van der Waals surface area contributed by atoms with Crippen LogP contribution in [0.2, 0.25) is 0 Å². The van der Waals surface area contributed by atoms with Crippen LogP contribution in [-0.4, -0.2) is 79.0 Å². The number of anilines is 2. The van der Waals surface area contributed by atoms with Gasteiger partial charge in [0.05, 0.1) is 26.7 Å². The zero-order chi connectivity index (χ0) is 45.4. The molecule has 60 heavy (non-hydrogen) atoms. The van der Waals surface area contributed by atoms with Crippen LogP contribution in [0.5, 0.6) is 5.75 Å². The fraction of sp³-hybridized carbons (Fsp3) is 0.556. The van der Waals surface area contributed by atoms with E-state index in [0.717, 1.165) is 24.4 Å². The Balaban J connectivity index is 0.000000375. The Kier molecular flexibility index (Phi) is 18.1. The molecular formula is C45H68Cl2F6N4OPRu-. The van der Waals surface area contributed by atoms with Gasteiger partial charge in [-0.3, -0.25) is 4.90 Å². The number of hydrogen-bond acceptors (Lipinski definition) is 4. The number of ether oxygens (including phenoxy) is 1. The van der Waals surface area contributed by atoms with Crippen molar-refractivity contribution >= 4 is 43.2 Å². The summed E-state index contributed by atoms with van der Waals surface area (Å²) in [5, 5.41) is 0. The first kappa shape index (κ1) is 52.4. The van der Waals surface area contributed by atoms with Crippen LogP contribution in [0.25, 0.3) is 0 Å². The molecule has 0 spiro atoms. The summed E-state index contributed by atoms with van der Waals surface area (Å²) < 4.78 is 67.9. The molecule has 2 saturated heterocycles. The van der Waals surface area contributed by atoms with Crippen molar-refractivity contribution in [3.05, 3.63) is 95.1 Å². The molecule has 0 saturated carbocycles. The zero-order valence-corrected chi connectivity index (χ0v) is 41.5. The SMILES string of the molecule is CC(C)Oc1ccccc1[CH]=[Ru]([Cl])[Cl].CC[N+]1(C)CCN(CC2CN(c3c(C(C)C)cccc3C(C)C)[CH-]N2c2c(C(C)C)cccc2C(C)C)CC1.F[P-](F)(F)(F)(F)F. The molecule has 1 atom stereocenters. The van der Waals surface area contributed by atoms with Gasteiger partial charge < -0.3 is 14.3 Å². The van der Waals surface area contributed by atoms with E-state index >= 15 is 0 Å². The number of para-hydroxylation sites is 3. The Bertz CT molecular complexity index is 1820. The van der Waals surface area contributed by atoms with E-state index in [0.29, 0.717) is 29.7 Å². The van der Waals surface area contributed by atoms with Crippen molar-refractivity contribution in [1.82, 2.24) is 4.90 Å². The van der Waals surface area contributed by atoms with Crippen LogP contribution in [0, 0.1) is 6.67 Å². The second-order valence-corrected chi connectivity index (χ2v) is 25.3. The van der Waals surface area contributed by atoms with E-state index < -0.39 is 21.3 Å². The van der Waals surface area contributed by atoms with Crippen molar-refractivity contribution in [1.29, 1.82) is 0 Å². The van der Waals surface area contributed by atoms with Crippen molar-refractivity contribution in [3.63, 3.8) is 0 Å². The molecule has 0 bridgehead atoms. The summed E-state index contributed by atoms with van der Waals surface area (Å²) in [4.78, 5) is 8.05. The molecule has 0 aromatic heterocycles. The topological polar surface area (TPSA) is 19.0 Å². The third-order valence-corrected chi connectivity index (χ3v) is 12.7. The van der Waals surface area contributed by atoms with Crippen molar-refractivity contribution in [2.75, 3.05) is 62.7 Å². The second kappa shape index (κ2) is 20.7. The zero-order valence-electron chi connectivity index (χ0n) is 37.4. The van der Waals surface area contributed by atoms with E-state index in [-0.39, 0.29) is 6.10 Å². The quantitative estimate of drug-likeness (QED) is 0.0592. The number of piperazine rings is 1. The van der Waals surface area contributed by atoms with Crippen LogP contribution in [0.1, 0.15) is 128 Å². The van der Waals surface area contributed by atoms with E-state index in [2.05, 4.69) is 127 Å². The molecule has 0 aliphatic carbocycles. The van der Waals surface area contributed by atoms with E-state index in [4.69, 9.17) is 24.1 Å². The maximum atomic E-state index is 9.87. The molecule has 5 rings (SSSR count). The molecule has 3 aromatic rings. The normalized spacial score (nSPS) is 18.6. The van der Waals surface area contributed by atoms with Crippen molar-refractivity contribution in [2.45, 2.75) is 112 Å². The van der Waals surface area contributed by atoms with Gasteiger partial charge in [0.25, 0.3) is 0 Å². The van der Waals surface area contributed by atoms with E-state index in [1.807, 2.05) is 42.7 Å². The molecule has 2 aliphatic heterocycles. The van der Waals surface area contributed by atoms with Gasteiger partial charge in [-0.25, -0.2) is 0 Å². The predicted octanol–water partition coefficient (Wildman–Crippen LogP) is 14.7.